The van der Waals surface area contributed by atoms with Crippen LogP contribution in [0.25, 0.3) is 0 Å². The lowest BCUT2D eigenvalue weighted by atomic mass is 10.2. The van der Waals surface area contributed by atoms with E-state index in [4.69, 9.17) is 21.6 Å². The number of anilines is 2. The van der Waals surface area contributed by atoms with E-state index in [1.54, 1.807) is 37.9 Å². The molecular weight excluding hydrogens is 264 g/mol. The molecule has 6 heteroatoms. The van der Waals surface area contributed by atoms with E-state index < -0.39 is 0 Å². The lowest BCUT2D eigenvalue weighted by Crippen LogP contribution is -2.00. The molecule has 1 aromatic heterocycles. The number of hydrogen-bond acceptors (Lipinski definition) is 4. The topological polar surface area (TPSA) is 62.9 Å². The van der Waals surface area contributed by atoms with Crippen molar-refractivity contribution in [1.29, 1.82) is 5.26 Å². The van der Waals surface area contributed by atoms with Gasteiger partial charge >= 0.3 is 0 Å². The van der Waals surface area contributed by atoms with Crippen molar-refractivity contribution in [3.8, 4) is 11.8 Å². The number of nitriles is 1. The molecule has 5 nitrogen and oxygen atoms in total. The summed E-state index contributed by atoms with van der Waals surface area (Å²) < 4.78 is 6.79. The van der Waals surface area contributed by atoms with Gasteiger partial charge < -0.3 is 10.1 Å². The van der Waals surface area contributed by atoms with Crippen LogP contribution in [0.2, 0.25) is 5.02 Å². The fraction of sp³-hybridized carbons (Fsp3) is 0.231. The predicted octanol–water partition coefficient (Wildman–Crippen LogP) is 3.01. The number of nitrogens with one attached hydrogen (secondary N) is 1. The molecule has 0 unspecified atom stereocenters. The molecule has 0 amide bonds. The summed E-state index contributed by atoms with van der Waals surface area (Å²) in [5, 5.41) is 17.0. The molecule has 0 fully saturated rings. The molecule has 2 rings (SSSR count). The quantitative estimate of drug-likeness (QED) is 0.936. The highest BCUT2D eigenvalue weighted by Crippen LogP contribution is 2.30. The number of halogens is 1. The van der Waals surface area contributed by atoms with Gasteiger partial charge in [-0.25, -0.2) is 0 Å². The zero-order valence-corrected chi connectivity index (χ0v) is 11.6. The predicted molar refractivity (Wildman–Crippen MR) is 73.9 cm³/mol. The van der Waals surface area contributed by atoms with Crippen LogP contribution in [-0.2, 0) is 7.05 Å². The summed E-state index contributed by atoms with van der Waals surface area (Å²) in [6.45, 7) is 1.80. The van der Waals surface area contributed by atoms with Crippen molar-refractivity contribution in [3.05, 3.63) is 34.5 Å². The maximum atomic E-state index is 9.15. The Kier molecular flexibility index (Phi) is 3.63. The van der Waals surface area contributed by atoms with Gasteiger partial charge in [-0.1, -0.05) is 11.6 Å². The highest BCUT2D eigenvalue weighted by molar-refractivity contribution is 6.32. The minimum absolute atomic E-state index is 0.524. The van der Waals surface area contributed by atoms with E-state index in [0.29, 0.717) is 27.8 Å². The van der Waals surface area contributed by atoms with Crippen LogP contribution in [0.15, 0.2) is 18.2 Å². The second kappa shape index (κ2) is 5.21. The van der Waals surface area contributed by atoms with Gasteiger partial charge in [-0.2, -0.15) is 10.4 Å². The molecule has 0 aliphatic carbocycles. The number of methoxy groups -OCH3 is 1. The molecular formula is C13H13ClN4O. The first-order chi connectivity index (χ1) is 9.06. The van der Waals surface area contributed by atoms with Crippen LogP contribution in [0.5, 0.6) is 5.75 Å². The van der Waals surface area contributed by atoms with Crippen molar-refractivity contribution in [3.63, 3.8) is 0 Å². The van der Waals surface area contributed by atoms with Crippen molar-refractivity contribution in [2.24, 2.45) is 7.05 Å². The summed E-state index contributed by atoms with van der Waals surface area (Å²) in [5.41, 5.74) is 1.99. The Morgan fingerprint density at radius 2 is 2.21 bits per heavy atom. The van der Waals surface area contributed by atoms with Crippen molar-refractivity contribution < 1.29 is 4.74 Å². The molecule has 0 radical (unpaired) electrons. The number of aromatic nitrogens is 2. The first-order valence-electron chi connectivity index (χ1n) is 5.61. The monoisotopic (exact) mass is 276 g/mol. The van der Waals surface area contributed by atoms with Crippen molar-refractivity contribution in [2.45, 2.75) is 6.92 Å². The van der Waals surface area contributed by atoms with Crippen LogP contribution in [0.4, 0.5) is 11.5 Å². The largest absolute Gasteiger partial charge is 0.495 e. The van der Waals surface area contributed by atoms with E-state index in [-0.39, 0.29) is 0 Å². The Bertz CT molecular complexity index is 657. The summed E-state index contributed by atoms with van der Waals surface area (Å²) in [7, 11) is 3.34. The Morgan fingerprint density at radius 3 is 2.84 bits per heavy atom. The van der Waals surface area contributed by atoms with Gasteiger partial charge in [-0.3, -0.25) is 4.68 Å². The fourth-order valence-corrected chi connectivity index (χ4v) is 2.00. The van der Waals surface area contributed by atoms with E-state index in [0.717, 1.165) is 5.69 Å². The lowest BCUT2D eigenvalue weighted by Gasteiger charge is -2.09. The van der Waals surface area contributed by atoms with Crippen molar-refractivity contribution in [1.82, 2.24) is 9.78 Å². The number of hydrogen-bond donors (Lipinski definition) is 1. The molecule has 0 aliphatic heterocycles. The van der Waals surface area contributed by atoms with Gasteiger partial charge in [0, 0.05) is 18.8 Å². The molecule has 0 saturated carbocycles. The highest BCUT2D eigenvalue weighted by atomic mass is 35.5. The Hall–Kier alpha value is -2.19. The molecule has 2 aromatic rings. The summed E-state index contributed by atoms with van der Waals surface area (Å²) in [4.78, 5) is 0. The molecule has 1 N–H and O–H groups in total. The molecule has 0 spiro atoms. The van der Waals surface area contributed by atoms with Crippen molar-refractivity contribution >= 4 is 23.1 Å². The van der Waals surface area contributed by atoms with Crippen LogP contribution in [-0.4, -0.2) is 16.9 Å². The van der Waals surface area contributed by atoms with Crippen LogP contribution in [0.3, 0.4) is 0 Å². The SMILES string of the molecule is COc1cc(Nc2c(C#N)c(C)nn2C)ccc1Cl. The van der Waals surface area contributed by atoms with Crippen LogP contribution < -0.4 is 10.1 Å². The third-order valence-electron chi connectivity index (χ3n) is 2.75. The van der Waals surface area contributed by atoms with Crippen LogP contribution in [0.1, 0.15) is 11.3 Å². The summed E-state index contributed by atoms with van der Waals surface area (Å²) in [6, 6.07) is 7.46. The molecule has 0 aliphatic rings. The smallest absolute Gasteiger partial charge is 0.146 e. The van der Waals surface area contributed by atoms with E-state index in [1.165, 1.54) is 0 Å². The van der Waals surface area contributed by atoms with Crippen molar-refractivity contribution in [2.75, 3.05) is 12.4 Å². The number of benzene rings is 1. The molecule has 0 atom stereocenters. The van der Waals surface area contributed by atoms with Crippen LogP contribution in [0, 0.1) is 18.3 Å². The average molecular weight is 277 g/mol. The lowest BCUT2D eigenvalue weighted by molar-refractivity contribution is 0.415. The van der Waals surface area contributed by atoms with E-state index >= 15 is 0 Å². The van der Waals surface area contributed by atoms with E-state index in [9.17, 15) is 0 Å². The van der Waals surface area contributed by atoms with Gasteiger partial charge in [0.2, 0.25) is 0 Å². The minimum Gasteiger partial charge on any atom is -0.495 e. The zero-order chi connectivity index (χ0) is 14.0. The first-order valence-corrected chi connectivity index (χ1v) is 5.99. The number of ether oxygens (including phenoxy) is 1. The second-order valence-corrected chi connectivity index (χ2v) is 4.43. The maximum absolute atomic E-state index is 9.15. The standard InChI is InChI=1S/C13H13ClN4O/c1-8-10(7-15)13(18(2)17-8)16-9-4-5-11(14)12(6-9)19-3/h4-6,16H,1-3H3. The molecule has 1 aromatic carbocycles. The second-order valence-electron chi connectivity index (χ2n) is 4.02. The number of nitrogens with zero attached hydrogens (tertiary/aromatic N) is 3. The Morgan fingerprint density at radius 1 is 1.47 bits per heavy atom. The first kappa shape index (κ1) is 13.2. The van der Waals surface area contributed by atoms with Gasteiger partial charge in [0.15, 0.2) is 0 Å². The fourth-order valence-electron chi connectivity index (χ4n) is 1.81. The average Bonchev–Trinajstić information content (AvgIpc) is 2.66. The van der Waals surface area contributed by atoms with Gasteiger partial charge in [0.1, 0.15) is 23.2 Å². The molecule has 1 heterocycles. The third kappa shape index (κ3) is 2.49. The third-order valence-corrected chi connectivity index (χ3v) is 3.06. The summed E-state index contributed by atoms with van der Waals surface area (Å²) >= 11 is 5.97. The molecule has 0 bridgehead atoms. The number of aryl methyl sites for hydroxylation is 2. The normalized spacial score (nSPS) is 10.1. The van der Waals surface area contributed by atoms with E-state index in [1.807, 2.05) is 6.07 Å². The maximum Gasteiger partial charge on any atom is 0.146 e. The van der Waals surface area contributed by atoms with Gasteiger partial charge in [-0.05, 0) is 19.1 Å². The zero-order valence-electron chi connectivity index (χ0n) is 10.9. The Balaban J connectivity index is 2.39. The van der Waals surface area contributed by atoms with E-state index in [2.05, 4.69) is 16.5 Å². The summed E-state index contributed by atoms with van der Waals surface area (Å²) in [5.74, 6) is 1.22. The number of rotatable bonds is 3. The molecule has 19 heavy (non-hydrogen) atoms. The molecule has 98 valence electrons. The van der Waals surface area contributed by atoms with Gasteiger partial charge in [-0.15, -0.1) is 0 Å². The molecule has 0 saturated heterocycles. The van der Waals surface area contributed by atoms with Gasteiger partial charge in [0.25, 0.3) is 0 Å². The minimum atomic E-state index is 0.524. The Labute approximate surface area is 116 Å². The summed E-state index contributed by atoms with van der Waals surface area (Å²) in [6.07, 6.45) is 0. The van der Waals surface area contributed by atoms with Crippen LogP contribution >= 0.6 is 11.6 Å². The van der Waals surface area contributed by atoms with Gasteiger partial charge in [0.05, 0.1) is 17.8 Å². The highest BCUT2D eigenvalue weighted by Gasteiger charge is 2.13.